The lowest BCUT2D eigenvalue weighted by Gasteiger charge is -1.97. The van der Waals surface area contributed by atoms with E-state index in [0.29, 0.717) is 11.4 Å². The van der Waals surface area contributed by atoms with Gasteiger partial charge in [0.25, 0.3) is 5.56 Å². The number of nitrogens with two attached hydrogens (primary N) is 1. The zero-order valence-electron chi connectivity index (χ0n) is 7.56. The van der Waals surface area contributed by atoms with Crippen molar-refractivity contribution in [1.29, 1.82) is 0 Å². The van der Waals surface area contributed by atoms with Crippen molar-refractivity contribution < 1.29 is 0 Å². The lowest BCUT2D eigenvalue weighted by Crippen LogP contribution is -2.14. The third-order valence-electron chi connectivity index (χ3n) is 1.88. The summed E-state index contributed by atoms with van der Waals surface area (Å²) in [5, 5.41) is 6.31. The summed E-state index contributed by atoms with van der Waals surface area (Å²) >= 11 is 0. The van der Waals surface area contributed by atoms with Crippen LogP contribution in [0, 0.1) is 0 Å². The molecule has 0 saturated carbocycles. The SMILES string of the molecule is Cn1ccc(-c2nc(N)n[nH]2)cc1=O. The van der Waals surface area contributed by atoms with Crippen LogP contribution in [0.15, 0.2) is 23.1 Å². The van der Waals surface area contributed by atoms with E-state index < -0.39 is 0 Å². The summed E-state index contributed by atoms with van der Waals surface area (Å²) in [6, 6.07) is 3.24. The van der Waals surface area contributed by atoms with Crippen molar-refractivity contribution >= 4 is 5.95 Å². The Morgan fingerprint density at radius 1 is 1.57 bits per heavy atom. The molecule has 0 aliphatic rings. The molecule has 6 heteroatoms. The van der Waals surface area contributed by atoms with E-state index in [-0.39, 0.29) is 11.5 Å². The van der Waals surface area contributed by atoms with Crippen LogP contribution in [0.3, 0.4) is 0 Å². The first-order valence-corrected chi connectivity index (χ1v) is 4.02. The third kappa shape index (κ3) is 1.37. The number of H-pyrrole nitrogens is 1. The molecule has 2 aromatic heterocycles. The van der Waals surface area contributed by atoms with Gasteiger partial charge in [-0.3, -0.25) is 9.89 Å². The normalized spacial score (nSPS) is 10.4. The summed E-state index contributed by atoms with van der Waals surface area (Å²) in [4.78, 5) is 15.2. The van der Waals surface area contributed by atoms with Crippen molar-refractivity contribution in [3.05, 3.63) is 28.7 Å². The second-order valence-corrected chi connectivity index (χ2v) is 2.91. The molecule has 0 aromatic carbocycles. The number of hydrogen-bond acceptors (Lipinski definition) is 4. The largest absolute Gasteiger partial charge is 0.366 e. The minimum absolute atomic E-state index is 0.0996. The molecule has 0 amide bonds. The average molecular weight is 191 g/mol. The van der Waals surface area contributed by atoms with Crippen molar-refractivity contribution in [3.63, 3.8) is 0 Å². The second kappa shape index (κ2) is 2.99. The first-order valence-electron chi connectivity index (χ1n) is 4.02. The lowest BCUT2D eigenvalue weighted by atomic mass is 10.2. The molecule has 3 N–H and O–H groups in total. The fraction of sp³-hybridized carbons (Fsp3) is 0.125. The van der Waals surface area contributed by atoms with E-state index in [1.807, 2.05) is 0 Å². The molecule has 0 radical (unpaired) electrons. The van der Waals surface area contributed by atoms with Gasteiger partial charge in [-0.15, -0.1) is 5.10 Å². The van der Waals surface area contributed by atoms with E-state index >= 15 is 0 Å². The van der Waals surface area contributed by atoms with E-state index in [9.17, 15) is 4.79 Å². The van der Waals surface area contributed by atoms with Gasteiger partial charge in [-0.1, -0.05) is 0 Å². The van der Waals surface area contributed by atoms with Crippen molar-refractivity contribution in [1.82, 2.24) is 19.7 Å². The molecule has 0 spiro atoms. The Kier molecular flexibility index (Phi) is 1.81. The van der Waals surface area contributed by atoms with Gasteiger partial charge >= 0.3 is 0 Å². The second-order valence-electron chi connectivity index (χ2n) is 2.91. The number of nitrogen functional groups attached to an aromatic ring is 1. The molecule has 72 valence electrons. The number of nitrogens with one attached hydrogen (secondary N) is 1. The first-order chi connectivity index (χ1) is 6.66. The number of aryl methyl sites for hydroxylation is 1. The fourth-order valence-corrected chi connectivity index (χ4v) is 1.10. The Labute approximate surface area is 79.4 Å². The summed E-state index contributed by atoms with van der Waals surface area (Å²) < 4.78 is 1.48. The van der Waals surface area contributed by atoms with Crippen LogP contribution >= 0.6 is 0 Å². The zero-order valence-corrected chi connectivity index (χ0v) is 7.56. The molecular formula is C8H9N5O. The van der Waals surface area contributed by atoms with E-state index in [0.717, 1.165) is 0 Å². The summed E-state index contributed by atoms with van der Waals surface area (Å²) in [7, 11) is 1.68. The molecule has 2 rings (SSSR count). The maximum absolute atomic E-state index is 11.3. The quantitative estimate of drug-likeness (QED) is 0.650. The van der Waals surface area contributed by atoms with Crippen molar-refractivity contribution in [2.45, 2.75) is 0 Å². The predicted octanol–water partition coefficient (Wildman–Crippen LogP) is -0.247. The Bertz CT molecular complexity index is 512. The average Bonchev–Trinajstić information content (AvgIpc) is 2.57. The number of aromatic nitrogens is 4. The van der Waals surface area contributed by atoms with Crippen LogP contribution in [0.1, 0.15) is 0 Å². The molecule has 0 aliphatic heterocycles. The smallest absolute Gasteiger partial charge is 0.250 e. The molecule has 0 saturated heterocycles. The number of hydrogen-bond donors (Lipinski definition) is 2. The highest BCUT2D eigenvalue weighted by Crippen LogP contribution is 2.11. The van der Waals surface area contributed by atoms with Gasteiger partial charge in [-0.25, -0.2) is 0 Å². The topological polar surface area (TPSA) is 89.6 Å². The maximum Gasteiger partial charge on any atom is 0.250 e. The Hall–Kier alpha value is -2.11. The first kappa shape index (κ1) is 8.49. The van der Waals surface area contributed by atoms with Crippen molar-refractivity contribution in [3.8, 4) is 11.4 Å². The molecule has 2 aromatic rings. The number of nitrogens with zero attached hydrogens (tertiary/aromatic N) is 3. The number of anilines is 1. The maximum atomic E-state index is 11.3. The van der Waals surface area contributed by atoms with Gasteiger partial charge in [-0.2, -0.15) is 4.98 Å². The molecule has 0 atom stereocenters. The highest BCUT2D eigenvalue weighted by molar-refractivity contribution is 5.54. The Balaban J connectivity index is 2.53. The number of aromatic amines is 1. The lowest BCUT2D eigenvalue weighted by molar-refractivity contribution is 0.860. The van der Waals surface area contributed by atoms with E-state index in [2.05, 4.69) is 15.2 Å². The van der Waals surface area contributed by atoms with Crippen LogP contribution < -0.4 is 11.3 Å². The molecular weight excluding hydrogens is 182 g/mol. The van der Waals surface area contributed by atoms with Crippen LogP contribution in [0.25, 0.3) is 11.4 Å². The van der Waals surface area contributed by atoms with E-state index in [1.165, 1.54) is 10.6 Å². The van der Waals surface area contributed by atoms with Gasteiger partial charge in [-0.05, 0) is 6.07 Å². The van der Waals surface area contributed by atoms with Crippen molar-refractivity contribution in [2.24, 2.45) is 7.05 Å². The summed E-state index contributed by atoms with van der Waals surface area (Å²) in [6.45, 7) is 0. The van der Waals surface area contributed by atoms with Crippen LogP contribution in [0.4, 0.5) is 5.95 Å². The van der Waals surface area contributed by atoms with E-state index in [4.69, 9.17) is 5.73 Å². The zero-order chi connectivity index (χ0) is 10.1. The molecule has 14 heavy (non-hydrogen) atoms. The Morgan fingerprint density at radius 3 is 2.93 bits per heavy atom. The Morgan fingerprint density at radius 2 is 2.36 bits per heavy atom. The fourth-order valence-electron chi connectivity index (χ4n) is 1.10. The van der Waals surface area contributed by atoms with Gasteiger partial charge in [0.15, 0.2) is 5.82 Å². The van der Waals surface area contributed by atoms with Gasteiger partial charge in [0.1, 0.15) is 0 Å². The molecule has 6 nitrogen and oxygen atoms in total. The summed E-state index contributed by atoms with van der Waals surface area (Å²) in [6.07, 6.45) is 1.66. The van der Waals surface area contributed by atoms with Crippen molar-refractivity contribution in [2.75, 3.05) is 5.73 Å². The summed E-state index contributed by atoms with van der Waals surface area (Å²) in [5.41, 5.74) is 5.93. The van der Waals surface area contributed by atoms with Gasteiger partial charge in [0.05, 0.1) is 0 Å². The third-order valence-corrected chi connectivity index (χ3v) is 1.88. The molecule has 2 heterocycles. The molecule has 0 fully saturated rings. The standard InChI is InChI=1S/C8H9N5O/c1-13-3-2-5(4-6(13)14)7-10-8(9)12-11-7/h2-4H,1H3,(H3,9,10,11,12). The van der Waals surface area contributed by atoms with Gasteiger partial charge in [0.2, 0.25) is 5.95 Å². The molecule has 0 unspecified atom stereocenters. The van der Waals surface area contributed by atoms with Crippen LogP contribution in [0.2, 0.25) is 0 Å². The van der Waals surface area contributed by atoms with Gasteiger partial charge in [0, 0.05) is 24.9 Å². The molecule has 0 aliphatic carbocycles. The minimum Gasteiger partial charge on any atom is -0.366 e. The number of rotatable bonds is 1. The highest BCUT2D eigenvalue weighted by Gasteiger charge is 2.03. The van der Waals surface area contributed by atoms with Crippen LogP contribution in [-0.2, 0) is 7.05 Å². The van der Waals surface area contributed by atoms with Gasteiger partial charge < -0.3 is 10.3 Å². The predicted molar refractivity (Wildman–Crippen MR) is 51.5 cm³/mol. The molecule has 0 bridgehead atoms. The minimum atomic E-state index is -0.0996. The highest BCUT2D eigenvalue weighted by atomic mass is 16.1. The van der Waals surface area contributed by atoms with Crippen LogP contribution in [-0.4, -0.2) is 19.7 Å². The van der Waals surface area contributed by atoms with E-state index in [1.54, 1.807) is 19.3 Å². The van der Waals surface area contributed by atoms with Crippen LogP contribution in [0.5, 0.6) is 0 Å². The monoisotopic (exact) mass is 191 g/mol. The summed E-state index contributed by atoms with van der Waals surface area (Å²) in [5.74, 6) is 0.667. The number of pyridine rings is 1.